The largest absolute Gasteiger partial charge is 0.357 e. The molecule has 2 heterocycles. The van der Waals surface area contributed by atoms with E-state index in [1.54, 1.807) is 32.4 Å². The minimum atomic E-state index is -0.444. The summed E-state index contributed by atoms with van der Waals surface area (Å²) in [6.45, 7) is 1.60. The zero-order valence-electron chi connectivity index (χ0n) is 10.6. The van der Waals surface area contributed by atoms with Crippen LogP contribution in [0.5, 0.6) is 0 Å². The molecular weight excluding hydrogens is 246 g/mol. The molecule has 0 aromatic carbocycles. The van der Waals surface area contributed by atoms with Gasteiger partial charge in [0.1, 0.15) is 11.4 Å². The molecule has 2 aromatic rings. The van der Waals surface area contributed by atoms with E-state index in [0.29, 0.717) is 23.8 Å². The molecule has 0 atom stereocenters. The molecule has 98 valence electrons. The molecule has 2 aromatic heterocycles. The summed E-state index contributed by atoms with van der Waals surface area (Å²) in [5, 5.41) is 13.9. The van der Waals surface area contributed by atoms with E-state index in [1.165, 1.54) is 0 Å². The van der Waals surface area contributed by atoms with E-state index in [4.69, 9.17) is 0 Å². The summed E-state index contributed by atoms with van der Waals surface area (Å²) in [5.74, 6) is 0.377. The third-order valence-corrected chi connectivity index (χ3v) is 2.63. The number of rotatable bonds is 4. The van der Waals surface area contributed by atoms with Gasteiger partial charge in [0.05, 0.1) is 4.92 Å². The van der Waals surface area contributed by atoms with Gasteiger partial charge in [-0.2, -0.15) is 0 Å². The Balaban J connectivity index is 2.48. The second kappa shape index (κ2) is 5.38. The van der Waals surface area contributed by atoms with Crippen LogP contribution in [0.2, 0.25) is 0 Å². The van der Waals surface area contributed by atoms with E-state index < -0.39 is 4.92 Å². The summed E-state index contributed by atoms with van der Waals surface area (Å²) in [7, 11) is 1.68. The number of pyridine rings is 1. The van der Waals surface area contributed by atoms with Crippen molar-refractivity contribution in [2.45, 2.75) is 13.3 Å². The first-order valence-electron chi connectivity index (χ1n) is 5.70. The maximum atomic E-state index is 11.1. The van der Waals surface area contributed by atoms with Gasteiger partial charge in [0, 0.05) is 25.9 Å². The summed E-state index contributed by atoms with van der Waals surface area (Å²) in [6, 6.07) is 3.64. The molecule has 0 fully saturated rings. The molecule has 0 saturated heterocycles. The molecule has 0 aliphatic heterocycles. The average Bonchev–Trinajstić information content (AvgIpc) is 2.38. The van der Waals surface area contributed by atoms with Gasteiger partial charge in [-0.3, -0.25) is 15.1 Å². The fraction of sp³-hybridized carbons (Fsp3) is 0.250. The van der Waals surface area contributed by atoms with Crippen molar-refractivity contribution < 1.29 is 4.92 Å². The summed E-state index contributed by atoms with van der Waals surface area (Å²) in [5.41, 5.74) is 1.56. The molecule has 0 amide bonds. The van der Waals surface area contributed by atoms with Crippen molar-refractivity contribution >= 4 is 11.6 Å². The minimum Gasteiger partial charge on any atom is -0.357 e. The van der Waals surface area contributed by atoms with Gasteiger partial charge in [-0.05, 0) is 18.6 Å². The monoisotopic (exact) mass is 259 g/mol. The van der Waals surface area contributed by atoms with Gasteiger partial charge in [0.15, 0.2) is 0 Å². The van der Waals surface area contributed by atoms with E-state index in [9.17, 15) is 10.1 Å². The minimum absolute atomic E-state index is 0.0390. The molecule has 0 bridgehead atoms. The number of hydrogen-bond acceptors (Lipinski definition) is 6. The number of aromatic nitrogens is 3. The third kappa shape index (κ3) is 2.82. The van der Waals surface area contributed by atoms with Crippen LogP contribution in [0.4, 0.5) is 11.6 Å². The van der Waals surface area contributed by atoms with Crippen LogP contribution in [0, 0.1) is 17.0 Å². The van der Waals surface area contributed by atoms with E-state index in [-0.39, 0.29) is 5.69 Å². The topological polar surface area (TPSA) is 93.8 Å². The van der Waals surface area contributed by atoms with Crippen LogP contribution in [0.25, 0.3) is 0 Å². The molecule has 0 radical (unpaired) electrons. The highest BCUT2D eigenvalue weighted by atomic mass is 16.6. The fourth-order valence-corrected chi connectivity index (χ4v) is 1.79. The van der Waals surface area contributed by atoms with E-state index in [2.05, 4.69) is 20.3 Å². The SMILES string of the molecule is CNc1nc(C)c([N+](=O)[O-])c(Cc2cccnc2)n1. The maximum Gasteiger partial charge on any atom is 0.312 e. The lowest BCUT2D eigenvalue weighted by molar-refractivity contribution is -0.386. The molecular formula is C12H13N5O2. The predicted octanol–water partition coefficient (Wildman–Crippen LogP) is 1.72. The molecule has 1 N–H and O–H groups in total. The predicted molar refractivity (Wildman–Crippen MR) is 70.0 cm³/mol. The Kier molecular flexibility index (Phi) is 3.65. The lowest BCUT2D eigenvalue weighted by atomic mass is 10.1. The van der Waals surface area contributed by atoms with Gasteiger partial charge in [-0.25, -0.2) is 9.97 Å². The zero-order valence-corrected chi connectivity index (χ0v) is 10.6. The molecule has 0 spiro atoms. The molecule has 0 aliphatic carbocycles. The van der Waals surface area contributed by atoms with Crippen molar-refractivity contribution in [2.75, 3.05) is 12.4 Å². The van der Waals surface area contributed by atoms with Crippen LogP contribution < -0.4 is 5.32 Å². The quantitative estimate of drug-likeness (QED) is 0.663. The lowest BCUT2D eigenvalue weighted by Crippen LogP contribution is -2.08. The van der Waals surface area contributed by atoms with Crippen LogP contribution in [0.15, 0.2) is 24.5 Å². The summed E-state index contributed by atoms with van der Waals surface area (Å²) in [6.07, 6.45) is 3.67. The highest BCUT2D eigenvalue weighted by Crippen LogP contribution is 2.23. The average molecular weight is 259 g/mol. The third-order valence-electron chi connectivity index (χ3n) is 2.63. The molecule has 19 heavy (non-hydrogen) atoms. The summed E-state index contributed by atoms with van der Waals surface area (Å²) < 4.78 is 0. The smallest absolute Gasteiger partial charge is 0.312 e. The van der Waals surface area contributed by atoms with Crippen molar-refractivity contribution in [1.82, 2.24) is 15.0 Å². The summed E-state index contributed by atoms with van der Waals surface area (Å²) >= 11 is 0. The lowest BCUT2D eigenvalue weighted by Gasteiger charge is -2.07. The summed E-state index contributed by atoms with van der Waals surface area (Å²) in [4.78, 5) is 22.9. The fourth-order valence-electron chi connectivity index (χ4n) is 1.79. The van der Waals surface area contributed by atoms with Crippen molar-refractivity contribution in [3.05, 3.63) is 51.6 Å². The van der Waals surface area contributed by atoms with Gasteiger partial charge < -0.3 is 5.32 Å². The van der Waals surface area contributed by atoms with E-state index >= 15 is 0 Å². The van der Waals surface area contributed by atoms with Crippen molar-refractivity contribution in [3.63, 3.8) is 0 Å². The highest BCUT2D eigenvalue weighted by molar-refractivity contribution is 5.46. The number of aryl methyl sites for hydroxylation is 1. The van der Waals surface area contributed by atoms with Crippen molar-refractivity contribution in [1.29, 1.82) is 0 Å². The Morgan fingerprint density at radius 1 is 1.42 bits per heavy atom. The van der Waals surface area contributed by atoms with Gasteiger partial charge in [-0.1, -0.05) is 6.07 Å². The molecule has 0 unspecified atom stereocenters. The van der Waals surface area contributed by atoms with Crippen LogP contribution in [0.1, 0.15) is 17.0 Å². The van der Waals surface area contributed by atoms with Crippen molar-refractivity contribution in [2.24, 2.45) is 0 Å². The first-order chi connectivity index (χ1) is 9.11. The van der Waals surface area contributed by atoms with Crippen LogP contribution in [-0.4, -0.2) is 26.9 Å². The van der Waals surface area contributed by atoms with Crippen LogP contribution in [-0.2, 0) is 6.42 Å². The standard InChI is InChI=1S/C12H13N5O2/c1-8-11(17(18)19)10(16-12(13-2)15-8)6-9-4-3-5-14-7-9/h3-5,7H,6H2,1-2H3,(H,13,15,16). The van der Waals surface area contributed by atoms with Gasteiger partial charge >= 0.3 is 5.69 Å². The molecule has 2 rings (SSSR count). The normalized spacial score (nSPS) is 10.2. The Labute approximate surface area is 109 Å². The number of nitrogens with zero attached hydrogens (tertiary/aromatic N) is 4. The van der Waals surface area contributed by atoms with Gasteiger partial charge in [-0.15, -0.1) is 0 Å². The van der Waals surface area contributed by atoms with Crippen LogP contribution >= 0.6 is 0 Å². The van der Waals surface area contributed by atoms with Gasteiger partial charge in [0.2, 0.25) is 5.95 Å². The first kappa shape index (κ1) is 12.9. The van der Waals surface area contributed by atoms with Crippen LogP contribution in [0.3, 0.4) is 0 Å². The van der Waals surface area contributed by atoms with Crippen molar-refractivity contribution in [3.8, 4) is 0 Å². The van der Waals surface area contributed by atoms with Gasteiger partial charge in [0.25, 0.3) is 0 Å². The first-order valence-corrected chi connectivity index (χ1v) is 5.70. The van der Waals surface area contributed by atoms with E-state index in [0.717, 1.165) is 5.56 Å². The Bertz CT molecular complexity index is 601. The Morgan fingerprint density at radius 3 is 2.79 bits per heavy atom. The second-order valence-corrected chi connectivity index (χ2v) is 3.97. The number of nitro groups is 1. The number of hydrogen-bond donors (Lipinski definition) is 1. The Hall–Kier alpha value is -2.57. The molecule has 0 aliphatic rings. The second-order valence-electron chi connectivity index (χ2n) is 3.97. The molecule has 0 saturated carbocycles. The highest BCUT2D eigenvalue weighted by Gasteiger charge is 2.21. The maximum absolute atomic E-state index is 11.1. The zero-order chi connectivity index (χ0) is 13.8. The number of anilines is 1. The van der Waals surface area contributed by atoms with E-state index in [1.807, 2.05) is 6.07 Å². The number of nitrogens with one attached hydrogen (secondary N) is 1. The molecule has 7 nitrogen and oxygen atoms in total. The molecule has 7 heteroatoms. The Morgan fingerprint density at radius 2 is 2.21 bits per heavy atom.